The lowest BCUT2D eigenvalue weighted by atomic mass is 9.95. The van der Waals surface area contributed by atoms with Gasteiger partial charge in [0.15, 0.2) is 11.5 Å². The molecule has 2 atom stereocenters. The summed E-state index contributed by atoms with van der Waals surface area (Å²) < 4.78 is 15.9. The summed E-state index contributed by atoms with van der Waals surface area (Å²) in [7, 11) is 0. The summed E-state index contributed by atoms with van der Waals surface area (Å²) in [5, 5.41) is 16.4. The Morgan fingerprint density at radius 3 is 2.68 bits per heavy atom. The molecule has 3 amide bonds. The van der Waals surface area contributed by atoms with E-state index in [0.717, 1.165) is 0 Å². The Hall–Kier alpha value is -4.97. The number of benzene rings is 2. The Morgan fingerprint density at radius 1 is 1.11 bits per heavy atom. The number of carbonyl (C=O) groups is 4. The van der Waals surface area contributed by atoms with E-state index in [1.54, 1.807) is 43.5 Å². The van der Waals surface area contributed by atoms with Crippen molar-refractivity contribution < 1.29 is 23.6 Å². The summed E-state index contributed by atoms with van der Waals surface area (Å²) in [5.74, 6) is -3.18. The van der Waals surface area contributed by atoms with Crippen molar-refractivity contribution in [1.82, 2.24) is 25.3 Å². The van der Waals surface area contributed by atoms with Crippen LogP contribution in [0.4, 0.5) is 15.8 Å². The number of carbonyl (C=O) groups excluding carboxylic acids is 4. The second kappa shape index (κ2) is 12.7. The van der Waals surface area contributed by atoms with Gasteiger partial charge in [0.2, 0.25) is 11.7 Å². The Balaban J connectivity index is 1.48. The maximum atomic E-state index is 14.7. The Bertz CT molecular complexity index is 1790. The van der Waals surface area contributed by atoms with E-state index < -0.39 is 29.5 Å². The van der Waals surface area contributed by atoms with Crippen molar-refractivity contribution >= 4 is 46.5 Å². The Morgan fingerprint density at radius 2 is 1.91 bits per heavy atom. The fourth-order valence-corrected chi connectivity index (χ4v) is 5.13. The zero-order valence-electron chi connectivity index (χ0n) is 24.1. The highest BCUT2D eigenvalue weighted by molar-refractivity contribution is 6.39. The molecule has 2 unspecified atom stereocenters. The monoisotopic (exact) mass is 617 g/mol. The zero-order chi connectivity index (χ0) is 31.5. The average molecular weight is 618 g/mol. The quantitative estimate of drug-likeness (QED) is 0.261. The van der Waals surface area contributed by atoms with Gasteiger partial charge in [0.1, 0.15) is 5.69 Å². The lowest BCUT2D eigenvalue weighted by Crippen LogP contribution is -2.30. The molecule has 0 fully saturated rings. The second-order valence-corrected chi connectivity index (χ2v) is 11.0. The van der Waals surface area contributed by atoms with Crippen molar-refractivity contribution in [3.05, 3.63) is 82.6 Å². The topological polar surface area (TPSA) is 148 Å². The van der Waals surface area contributed by atoms with E-state index in [-0.39, 0.29) is 28.2 Å². The van der Waals surface area contributed by atoms with Gasteiger partial charge in [0.05, 0.1) is 28.1 Å². The van der Waals surface area contributed by atoms with Crippen molar-refractivity contribution in [2.24, 2.45) is 5.92 Å². The van der Waals surface area contributed by atoms with E-state index in [2.05, 4.69) is 31.2 Å². The van der Waals surface area contributed by atoms with Crippen LogP contribution in [0.25, 0.3) is 16.8 Å². The van der Waals surface area contributed by atoms with Gasteiger partial charge < -0.3 is 16.0 Å². The Kier molecular flexibility index (Phi) is 8.81. The van der Waals surface area contributed by atoms with Gasteiger partial charge in [-0.05, 0) is 61.7 Å². The highest BCUT2D eigenvalue weighted by atomic mass is 35.5. The number of hydrogen-bond donors (Lipinski definition) is 3. The van der Waals surface area contributed by atoms with E-state index in [9.17, 15) is 23.6 Å². The normalized spacial score (nSPS) is 16.5. The SMILES string of the molecule is CC(=O)C(=O)Nc1ccc2c(c1)NC(=O)C(C)CCCC(NC(=O)c1nnn(-c3cccc(Cl)c3F)c1C)c1cc-2ccn1. The van der Waals surface area contributed by atoms with Gasteiger partial charge in [-0.15, -0.1) is 5.10 Å². The molecule has 2 bridgehead atoms. The number of nitrogens with one attached hydrogen (secondary N) is 3. The number of hydrogen-bond acceptors (Lipinski definition) is 7. The molecule has 2 aromatic heterocycles. The number of halogens is 2. The van der Waals surface area contributed by atoms with Crippen molar-refractivity contribution in [2.75, 3.05) is 10.6 Å². The summed E-state index contributed by atoms with van der Waals surface area (Å²) in [5.41, 5.74) is 3.16. The van der Waals surface area contributed by atoms with E-state index in [0.29, 0.717) is 53.2 Å². The molecule has 0 spiro atoms. The minimum atomic E-state index is -0.768. The number of rotatable bonds is 5. The molecule has 3 N–H and O–H groups in total. The number of pyridine rings is 1. The van der Waals surface area contributed by atoms with Gasteiger partial charge in [0.25, 0.3) is 11.8 Å². The molecule has 44 heavy (non-hydrogen) atoms. The third kappa shape index (κ3) is 6.35. The smallest absolute Gasteiger partial charge is 0.291 e. The van der Waals surface area contributed by atoms with Gasteiger partial charge in [-0.1, -0.05) is 42.3 Å². The molecule has 0 aliphatic carbocycles. The first-order valence-corrected chi connectivity index (χ1v) is 14.3. The summed E-state index contributed by atoms with van der Waals surface area (Å²) in [4.78, 5) is 54.6. The minimum Gasteiger partial charge on any atom is -0.342 e. The molecule has 0 radical (unpaired) electrons. The molecule has 0 saturated heterocycles. The third-order valence-corrected chi connectivity index (χ3v) is 7.75. The number of nitrogens with zero attached hydrogens (tertiary/aromatic N) is 4. The molecule has 2 aromatic carbocycles. The fourth-order valence-electron chi connectivity index (χ4n) is 4.96. The van der Waals surface area contributed by atoms with Crippen LogP contribution in [0.1, 0.15) is 61.0 Å². The van der Waals surface area contributed by atoms with Crippen LogP contribution in [0.2, 0.25) is 5.02 Å². The van der Waals surface area contributed by atoms with E-state index >= 15 is 0 Å². The molecule has 5 rings (SSSR count). The van der Waals surface area contributed by atoms with E-state index in [4.69, 9.17) is 11.6 Å². The van der Waals surface area contributed by atoms with Crippen LogP contribution in [-0.2, 0) is 14.4 Å². The van der Waals surface area contributed by atoms with Crippen LogP contribution in [0, 0.1) is 18.7 Å². The van der Waals surface area contributed by atoms with Gasteiger partial charge in [-0.2, -0.15) is 0 Å². The van der Waals surface area contributed by atoms with Crippen LogP contribution in [-0.4, -0.2) is 43.5 Å². The van der Waals surface area contributed by atoms with Crippen LogP contribution in [0.5, 0.6) is 0 Å². The van der Waals surface area contributed by atoms with Crippen LogP contribution < -0.4 is 16.0 Å². The minimum absolute atomic E-state index is 0.0184. The van der Waals surface area contributed by atoms with Gasteiger partial charge in [0, 0.05) is 30.3 Å². The molecular formula is C31H29ClFN7O4. The van der Waals surface area contributed by atoms with E-state index in [1.165, 1.54) is 23.7 Å². The largest absolute Gasteiger partial charge is 0.342 e. The van der Waals surface area contributed by atoms with Gasteiger partial charge in [-0.3, -0.25) is 24.2 Å². The number of ketones is 1. The highest BCUT2D eigenvalue weighted by Crippen LogP contribution is 2.34. The maximum absolute atomic E-state index is 14.7. The first-order chi connectivity index (χ1) is 21.0. The Labute approximate surface area is 257 Å². The number of amides is 3. The predicted octanol–water partition coefficient (Wildman–Crippen LogP) is 5.19. The molecule has 1 aliphatic heterocycles. The van der Waals surface area contributed by atoms with Crippen molar-refractivity contribution in [1.29, 1.82) is 0 Å². The number of fused-ring (bicyclic) bond motifs is 4. The molecule has 0 saturated carbocycles. The molecule has 1 aliphatic rings. The third-order valence-electron chi connectivity index (χ3n) is 7.46. The highest BCUT2D eigenvalue weighted by Gasteiger charge is 2.25. The molecule has 11 nitrogen and oxygen atoms in total. The van der Waals surface area contributed by atoms with Crippen molar-refractivity contribution in [2.45, 2.75) is 46.1 Å². The zero-order valence-corrected chi connectivity index (χ0v) is 24.9. The summed E-state index contributed by atoms with van der Waals surface area (Å²) >= 11 is 5.93. The lowest BCUT2D eigenvalue weighted by molar-refractivity contribution is -0.133. The van der Waals surface area contributed by atoms with Crippen molar-refractivity contribution in [3.8, 4) is 16.8 Å². The number of Topliss-reactive ketones (excluding diaryl/α,β-unsaturated/α-hetero) is 1. The number of aromatic nitrogens is 4. The van der Waals surface area contributed by atoms with Crippen LogP contribution in [0.15, 0.2) is 54.7 Å². The standard InChI is InChI=1S/C31H29ClFN7O4/c1-16-6-4-8-23(36-31(44)28-17(2)40(39-38-28)26-9-5-7-22(32)27(26)33)25-14-19(12-13-34-25)21-11-10-20(35-30(43)18(3)41)15-24(21)37-29(16)42/h5,7,9-16,23H,4,6,8H2,1-3H3,(H,35,43)(H,36,44)(H,37,42). The van der Waals surface area contributed by atoms with Crippen LogP contribution in [0.3, 0.4) is 0 Å². The van der Waals surface area contributed by atoms with Crippen molar-refractivity contribution in [3.63, 3.8) is 0 Å². The molecule has 13 heteroatoms. The summed E-state index contributed by atoms with van der Waals surface area (Å²) in [6.45, 7) is 4.59. The van der Waals surface area contributed by atoms with Gasteiger partial charge in [-0.25, -0.2) is 9.07 Å². The summed E-state index contributed by atoms with van der Waals surface area (Å²) in [6, 6.07) is 12.5. The molecule has 4 aromatic rings. The molecular weight excluding hydrogens is 589 g/mol. The average Bonchev–Trinajstić information content (AvgIpc) is 3.38. The number of anilines is 2. The fraction of sp³-hybridized carbons (Fsp3) is 0.258. The van der Waals surface area contributed by atoms with Gasteiger partial charge >= 0.3 is 0 Å². The van der Waals surface area contributed by atoms with Crippen LogP contribution >= 0.6 is 11.6 Å². The second-order valence-electron chi connectivity index (χ2n) is 10.6. The molecule has 3 heterocycles. The predicted molar refractivity (Wildman–Crippen MR) is 162 cm³/mol. The lowest BCUT2D eigenvalue weighted by Gasteiger charge is -2.22. The summed E-state index contributed by atoms with van der Waals surface area (Å²) in [6.07, 6.45) is 3.21. The maximum Gasteiger partial charge on any atom is 0.291 e. The molecule has 226 valence electrons. The van der Waals surface area contributed by atoms with E-state index in [1.807, 2.05) is 13.0 Å². The first-order valence-electron chi connectivity index (χ1n) is 13.9. The first kappa shape index (κ1) is 30.5.